The van der Waals surface area contributed by atoms with Crippen molar-refractivity contribution in [3.05, 3.63) is 41.2 Å². The molecular formula is C14H21N5. The topological polar surface area (TPSA) is 55.6 Å². The minimum Gasteiger partial charge on any atom is -0.319 e. The van der Waals surface area contributed by atoms with Gasteiger partial charge in [0.15, 0.2) is 5.82 Å². The number of benzene rings is 1. The number of nitrogens with zero attached hydrogens (tertiary/aromatic N) is 4. The van der Waals surface area contributed by atoms with Gasteiger partial charge in [-0.15, -0.1) is 10.2 Å². The van der Waals surface area contributed by atoms with Crippen molar-refractivity contribution in [2.24, 2.45) is 13.0 Å². The van der Waals surface area contributed by atoms with Gasteiger partial charge in [0, 0.05) is 6.42 Å². The Balaban J connectivity index is 2.03. The predicted molar refractivity (Wildman–Crippen MR) is 74.8 cm³/mol. The molecule has 1 N–H and O–H groups in total. The van der Waals surface area contributed by atoms with Crippen LogP contribution in [0, 0.1) is 12.8 Å². The molecule has 2 rings (SSSR count). The molecule has 0 aliphatic carbocycles. The Morgan fingerprint density at radius 1 is 1.32 bits per heavy atom. The zero-order chi connectivity index (χ0) is 13.7. The van der Waals surface area contributed by atoms with Gasteiger partial charge < -0.3 is 5.32 Å². The van der Waals surface area contributed by atoms with Crippen LogP contribution in [-0.4, -0.2) is 33.8 Å². The van der Waals surface area contributed by atoms with Crippen molar-refractivity contribution in [2.45, 2.75) is 19.8 Å². The molecule has 19 heavy (non-hydrogen) atoms. The average Bonchev–Trinajstić information content (AvgIpc) is 2.75. The zero-order valence-electron chi connectivity index (χ0n) is 11.8. The van der Waals surface area contributed by atoms with Gasteiger partial charge >= 0.3 is 0 Å². The predicted octanol–water partition coefficient (Wildman–Crippen LogP) is 1.14. The van der Waals surface area contributed by atoms with Gasteiger partial charge in [0.1, 0.15) is 0 Å². The molecule has 1 atom stereocenters. The Labute approximate surface area is 114 Å². The summed E-state index contributed by atoms with van der Waals surface area (Å²) in [6.45, 7) is 3.08. The number of nitrogens with one attached hydrogen (secondary N) is 1. The fraction of sp³-hybridized carbons (Fsp3) is 0.500. The second kappa shape index (κ2) is 6.43. The molecule has 0 fully saturated rings. The van der Waals surface area contributed by atoms with E-state index in [0.29, 0.717) is 5.92 Å². The summed E-state index contributed by atoms with van der Waals surface area (Å²) in [6.07, 6.45) is 1.88. The zero-order valence-corrected chi connectivity index (χ0v) is 11.8. The van der Waals surface area contributed by atoms with Crippen LogP contribution in [0.2, 0.25) is 0 Å². The van der Waals surface area contributed by atoms with Crippen molar-refractivity contribution < 1.29 is 0 Å². The van der Waals surface area contributed by atoms with E-state index < -0.39 is 0 Å². The van der Waals surface area contributed by atoms with E-state index in [1.54, 1.807) is 7.05 Å². The Bertz CT molecular complexity index is 520. The van der Waals surface area contributed by atoms with Crippen molar-refractivity contribution >= 4 is 0 Å². The third kappa shape index (κ3) is 4.13. The standard InChI is InChI=1S/C14H21N5/c1-11-5-4-6-12(7-11)8-13(10-15-2)9-14-16-18-19(3)17-14/h4-7,13,15H,8-10H2,1-3H3. The van der Waals surface area contributed by atoms with Crippen molar-refractivity contribution in [3.8, 4) is 0 Å². The van der Waals surface area contributed by atoms with Gasteiger partial charge in [-0.1, -0.05) is 29.8 Å². The first-order valence-corrected chi connectivity index (χ1v) is 6.60. The molecule has 0 saturated carbocycles. The van der Waals surface area contributed by atoms with Crippen LogP contribution in [0.1, 0.15) is 17.0 Å². The first-order valence-electron chi connectivity index (χ1n) is 6.60. The second-order valence-electron chi connectivity index (χ2n) is 5.02. The maximum Gasteiger partial charge on any atom is 0.175 e. The van der Waals surface area contributed by atoms with Crippen LogP contribution in [0.5, 0.6) is 0 Å². The lowest BCUT2D eigenvalue weighted by molar-refractivity contribution is 0.481. The SMILES string of the molecule is CNCC(Cc1cccc(C)c1)Cc1nnn(C)n1. The molecule has 2 aromatic rings. The summed E-state index contributed by atoms with van der Waals surface area (Å²) in [5.41, 5.74) is 2.67. The molecule has 0 aliphatic rings. The van der Waals surface area contributed by atoms with Crippen LogP contribution in [0.15, 0.2) is 24.3 Å². The van der Waals surface area contributed by atoms with Crippen molar-refractivity contribution in [1.29, 1.82) is 0 Å². The average molecular weight is 259 g/mol. The highest BCUT2D eigenvalue weighted by Crippen LogP contribution is 2.13. The quantitative estimate of drug-likeness (QED) is 0.845. The lowest BCUT2D eigenvalue weighted by Crippen LogP contribution is -2.23. The highest BCUT2D eigenvalue weighted by Gasteiger charge is 2.13. The molecule has 0 bridgehead atoms. The summed E-state index contributed by atoms with van der Waals surface area (Å²) >= 11 is 0. The van der Waals surface area contributed by atoms with Crippen molar-refractivity contribution in [1.82, 2.24) is 25.5 Å². The lowest BCUT2D eigenvalue weighted by Gasteiger charge is -2.15. The van der Waals surface area contributed by atoms with Crippen LogP contribution >= 0.6 is 0 Å². The summed E-state index contributed by atoms with van der Waals surface area (Å²) in [7, 11) is 3.78. The van der Waals surface area contributed by atoms with Gasteiger partial charge in [-0.2, -0.15) is 4.80 Å². The minimum absolute atomic E-state index is 0.482. The number of aromatic nitrogens is 4. The van der Waals surface area contributed by atoms with E-state index in [1.807, 2.05) is 7.05 Å². The first-order chi connectivity index (χ1) is 9.17. The smallest absolute Gasteiger partial charge is 0.175 e. The summed E-state index contributed by atoms with van der Waals surface area (Å²) in [6, 6.07) is 8.66. The van der Waals surface area contributed by atoms with Gasteiger partial charge in [0.2, 0.25) is 0 Å². The largest absolute Gasteiger partial charge is 0.319 e. The molecule has 0 radical (unpaired) electrons. The number of tetrazole rings is 1. The number of rotatable bonds is 6. The van der Waals surface area contributed by atoms with Crippen LogP contribution in [0.4, 0.5) is 0 Å². The number of aryl methyl sites for hydroxylation is 2. The molecule has 102 valence electrons. The normalized spacial score (nSPS) is 12.6. The number of hydrogen-bond donors (Lipinski definition) is 1. The second-order valence-corrected chi connectivity index (χ2v) is 5.02. The Kier molecular flexibility index (Phi) is 4.63. The molecule has 1 aromatic heterocycles. The van der Waals surface area contributed by atoms with Gasteiger partial charge in [0.05, 0.1) is 7.05 Å². The fourth-order valence-electron chi connectivity index (χ4n) is 2.34. The summed E-state index contributed by atoms with van der Waals surface area (Å²) < 4.78 is 0. The van der Waals surface area contributed by atoms with Crippen molar-refractivity contribution in [3.63, 3.8) is 0 Å². The van der Waals surface area contributed by atoms with Crippen molar-refractivity contribution in [2.75, 3.05) is 13.6 Å². The fourth-order valence-corrected chi connectivity index (χ4v) is 2.34. The van der Waals surface area contributed by atoms with Gasteiger partial charge in [-0.3, -0.25) is 0 Å². The third-order valence-electron chi connectivity index (χ3n) is 3.12. The first kappa shape index (κ1) is 13.7. The van der Waals surface area contributed by atoms with E-state index in [1.165, 1.54) is 15.9 Å². The molecule has 0 saturated heterocycles. The maximum atomic E-state index is 4.26. The van der Waals surface area contributed by atoms with E-state index in [4.69, 9.17) is 0 Å². The molecule has 1 heterocycles. The van der Waals surface area contributed by atoms with Crippen LogP contribution in [0.25, 0.3) is 0 Å². The minimum atomic E-state index is 0.482. The summed E-state index contributed by atoms with van der Waals surface area (Å²) in [5, 5.41) is 15.5. The van der Waals surface area contributed by atoms with E-state index in [2.05, 4.69) is 51.9 Å². The van der Waals surface area contributed by atoms with Gasteiger partial charge in [-0.05, 0) is 43.6 Å². The lowest BCUT2D eigenvalue weighted by atomic mass is 9.95. The molecule has 5 nitrogen and oxygen atoms in total. The molecule has 0 spiro atoms. The molecule has 5 heteroatoms. The van der Waals surface area contributed by atoms with E-state index in [9.17, 15) is 0 Å². The van der Waals surface area contributed by atoms with Crippen LogP contribution in [-0.2, 0) is 19.9 Å². The maximum absolute atomic E-state index is 4.26. The van der Waals surface area contributed by atoms with Gasteiger partial charge in [0.25, 0.3) is 0 Å². The Hall–Kier alpha value is -1.75. The molecule has 0 aliphatic heterocycles. The molecule has 0 amide bonds. The van der Waals surface area contributed by atoms with Gasteiger partial charge in [-0.25, -0.2) is 0 Å². The Morgan fingerprint density at radius 2 is 2.16 bits per heavy atom. The Morgan fingerprint density at radius 3 is 2.79 bits per heavy atom. The third-order valence-corrected chi connectivity index (χ3v) is 3.12. The summed E-state index contributed by atoms with van der Waals surface area (Å²) in [4.78, 5) is 1.51. The highest BCUT2D eigenvalue weighted by molar-refractivity contribution is 5.22. The molecule has 1 unspecified atom stereocenters. The van der Waals surface area contributed by atoms with E-state index in [0.717, 1.165) is 25.2 Å². The molecular weight excluding hydrogens is 238 g/mol. The van der Waals surface area contributed by atoms with Crippen LogP contribution < -0.4 is 5.32 Å². The van der Waals surface area contributed by atoms with E-state index >= 15 is 0 Å². The highest BCUT2D eigenvalue weighted by atomic mass is 15.6. The number of hydrogen-bond acceptors (Lipinski definition) is 4. The summed E-state index contributed by atoms with van der Waals surface area (Å²) in [5.74, 6) is 1.30. The monoisotopic (exact) mass is 259 g/mol. The van der Waals surface area contributed by atoms with Crippen LogP contribution in [0.3, 0.4) is 0 Å². The van der Waals surface area contributed by atoms with E-state index in [-0.39, 0.29) is 0 Å². The molecule has 1 aromatic carbocycles.